The fraction of sp³-hybridized carbons (Fsp3) is 0.278. The van der Waals surface area contributed by atoms with Gasteiger partial charge in [-0.25, -0.2) is 8.42 Å². The molecule has 7 nitrogen and oxygen atoms in total. The first-order chi connectivity index (χ1) is 22.4. The van der Waals surface area contributed by atoms with Gasteiger partial charge in [0.15, 0.2) is 0 Å². The molecule has 0 fully saturated rings. The third kappa shape index (κ3) is 9.51. The second-order valence-electron chi connectivity index (χ2n) is 11.4. The number of halogens is 3. The average molecular weight is 715 g/mol. The van der Waals surface area contributed by atoms with E-state index in [-0.39, 0.29) is 29.5 Å². The topological polar surface area (TPSA) is 86.8 Å². The van der Waals surface area contributed by atoms with Crippen LogP contribution < -0.4 is 9.62 Å². The molecule has 11 heteroatoms. The van der Waals surface area contributed by atoms with Crippen LogP contribution >= 0.6 is 34.8 Å². The lowest BCUT2D eigenvalue weighted by Gasteiger charge is -2.34. The highest BCUT2D eigenvalue weighted by atomic mass is 35.5. The van der Waals surface area contributed by atoms with E-state index in [1.54, 1.807) is 49.4 Å². The minimum atomic E-state index is -4.25. The Morgan fingerprint density at radius 2 is 1.51 bits per heavy atom. The smallest absolute Gasteiger partial charge is 0.264 e. The van der Waals surface area contributed by atoms with Crippen LogP contribution in [0.3, 0.4) is 0 Å². The summed E-state index contributed by atoms with van der Waals surface area (Å²) < 4.78 is 29.5. The van der Waals surface area contributed by atoms with E-state index >= 15 is 0 Å². The molecule has 2 amide bonds. The van der Waals surface area contributed by atoms with Crippen LogP contribution in [-0.2, 0) is 32.6 Å². The van der Waals surface area contributed by atoms with Gasteiger partial charge in [-0.15, -0.1) is 0 Å². The molecule has 0 aliphatic heterocycles. The normalized spacial score (nSPS) is 12.0. The van der Waals surface area contributed by atoms with Gasteiger partial charge >= 0.3 is 0 Å². The molecule has 47 heavy (non-hydrogen) atoms. The Balaban J connectivity index is 1.82. The number of carbonyl (C=O) groups is 2. The van der Waals surface area contributed by atoms with Gasteiger partial charge in [-0.05, 0) is 73.4 Å². The van der Waals surface area contributed by atoms with Crippen LogP contribution in [0.4, 0.5) is 5.69 Å². The molecule has 4 aromatic rings. The van der Waals surface area contributed by atoms with Crippen LogP contribution in [0.5, 0.6) is 0 Å². The number of sulfonamides is 1. The van der Waals surface area contributed by atoms with Crippen LogP contribution in [0.1, 0.15) is 42.0 Å². The van der Waals surface area contributed by atoms with Crippen molar-refractivity contribution in [1.82, 2.24) is 10.2 Å². The van der Waals surface area contributed by atoms with Crippen LogP contribution in [0.25, 0.3) is 0 Å². The standard InChI is InChI=1S/C36H38Cl3N3O4S/c1-4-5-19-40-36(44)34(21-27-9-7-6-8-10-27)41(23-28-14-18-31(37)33(39)20-28)35(43)24-42(29-15-13-26(3)32(38)22-29)47(45,46)30-16-11-25(2)12-17-30/h6-18,20,22,34H,4-5,19,21,23-24H2,1-3H3,(H,40,44)/t34-/m1/s1. The number of nitrogens with zero attached hydrogens (tertiary/aromatic N) is 2. The van der Waals surface area contributed by atoms with Crippen molar-refractivity contribution in [3.8, 4) is 0 Å². The number of hydrogen-bond acceptors (Lipinski definition) is 4. The highest BCUT2D eigenvalue weighted by Gasteiger charge is 2.34. The van der Waals surface area contributed by atoms with Crippen LogP contribution in [0.2, 0.25) is 15.1 Å². The molecular formula is C36H38Cl3N3O4S. The maximum absolute atomic E-state index is 14.6. The van der Waals surface area contributed by atoms with E-state index in [2.05, 4.69) is 5.32 Å². The number of amides is 2. The van der Waals surface area contributed by atoms with Crippen molar-refractivity contribution >= 4 is 62.3 Å². The van der Waals surface area contributed by atoms with Crippen molar-refractivity contribution in [2.45, 2.75) is 57.5 Å². The summed E-state index contributed by atoms with van der Waals surface area (Å²) in [6, 6.07) is 24.6. The second-order valence-corrected chi connectivity index (χ2v) is 14.5. The molecule has 0 radical (unpaired) electrons. The molecule has 0 bridgehead atoms. The predicted molar refractivity (Wildman–Crippen MR) is 191 cm³/mol. The quantitative estimate of drug-likeness (QED) is 0.134. The third-order valence-corrected chi connectivity index (χ3v) is 10.7. The summed E-state index contributed by atoms with van der Waals surface area (Å²) in [5.41, 5.74) is 3.32. The summed E-state index contributed by atoms with van der Waals surface area (Å²) in [6.07, 6.45) is 1.84. The van der Waals surface area contributed by atoms with Crippen LogP contribution in [0, 0.1) is 13.8 Å². The molecule has 248 valence electrons. The second kappa shape index (κ2) is 16.5. The van der Waals surface area contributed by atoms with Crippen molar-refractivity contribution in [3.05, 3.63) is 128 Å². The average Bonchev–Trinajstić information content (AvgIpc) is 3.05. The van der Waals surface area contributed by atoms with Crippen molar-refractivity contribution in [2.75, 3.05) is 17.4 Å². The van der Waals surface area contributed by atoms with E-state index in [9.17, 15) is 18.0 Å². The number of benzene rings is 4. The largest absolute Gasteiger partial charge is 0.354 e. The van der Waals surface area contributed by atoms with Gasteiger partial charge in [0.05, 0.1) is 20.6 Å². The predicted octanol–water partition coefficient (Wildman–Crippen LogP) is 8.02. The van der Waals surface area contributed by atoms with Gasteiger partial charge < -0.3 is 10.2 Å². The van der Waals surface area contributed by atoms with E-state index in [4.69, 9.17) is 34.8 Å². The molecule has 0 saturated heterocycles. The third-order valence-electron chi connectivity index (χ3n) is 7.77. The minimum absolute atomic E-state index is 0.0155. The number of hydrogen-bond donors (Lipinski definition) is 1. The van der Waals surface area contributed by atoms with Crippen LogP contribution in [-0.4, -0.2) is 44.3 Å². The zero-order chi connectivity index (χ0) is 34.1. The summed E-state index contributed by atoms with van der Waals surface area (Å²) in [7, 11) is -4.25. The molecular weight excluding hydrogens is 677 g/mol. The molecule has 0 aromatic heterocycles. The Morgan fingerprint density at radius 1 is 0.809 bits per heavy atom. The summed E-state index contributed by atoms with van der Waals surface area (Å²) in [6.45, 7) is 5.50. The highest BCUT2D eigenvalue weighted by Crippen LogP contribution is 2.30. The summed E-state index contributed by atoms with van der Waals surface area (Å²) >= 11 is 19.0. The number of aryl methyl sites for hydroxylation is 2. The highest BCUT2D eigenvalue weighted by molar-refractivity contribution is 7.92. The SMILES string of the molecule is CCCCNC(=O)[C@@H](Cc1ccccc1)N(Cc1ccc(Cl)c(Cl)c1)C(=O)CN(c1ccc(C)c(Cl)c1)S(=O)(=O)c1ccc(C)cc1. The lowest BCUT2D eigenvalue weighted by molar-refractivity contribution is -0.140. The Labute approximate surface area is 292 Å². The molecule has 0 aliphatic carbocycles. The molecule has 4 rings (SSSR count). The molecule has 0 aliphatic rings. The Kier molecular flexibility index (Phi) is 12.7. The lowest BCUT2D eigenvalue weighted by Crippen LogP contribution is -2.53. The molecule has 0 heterocycles. The Hall–Kier alpha value is -3.56. The Bertz CT molecular complexity index is 1800. The van der Waals surface area contributed by atoms with E-state index in [0.29, 0.717) is 27.2 Å². The number of carbonyl (C=O) groups excluding carboxylic acids is 2. The minimum Gasteiger partial charge on any atom is -0.354 e. The summed E-state index contributed by atoms with van der Waals surface area (Å²) in [4.78, 5) is 29.9. The number of rotatable bonds is 14. The van der Waals surface area contributed by atoms with Gasteiger partial charge in [0.1, 0.15) is 12.6 Å². The number of unbranched alkanes of at least 4 members (excludes halogenated alkanes) is 1. The lowest BCUT2D eigenvalue weighted by atomic mass is 10.0. The van der Waals surface area contributed by atoms with Gasteiger partial charge in [-0.2, -0.15) is 0 Å². The monoisotopic (exact) mass is 713 g/mol. The summed E-state index contributed by atoms with van der Waals surface area (Å²) in [5, 5.41) is 3.97. The van der Waals surface area contributed by atoms with Gasteiger partial charge in [-0.1, -0.05) is 108 Å². The van der Waals surface area contributed by atoms with E-state index < -0.39 is 28.5 Å². The summed E-state index contributed by atoms with van der Waals surface area (Å²) in [5.74, 6) is -0.933. The van der Waals surface area contributed by atoms with Gasteiger partial charge in [0, 0.05) is 24.5 Å². The molecule has 4 aromatic carbocycles. The molecule has 1 N–H and O–H groups in total. The molecule has 1 atom stereocenters. The fourth-order valence-electron chi connectivity index (χ4n) is 5.00. The Morgan fingerprint density at radius 3 is 2.15 bits per heavy atom. The molecule has 0 saturated carbocycles. The van der Waals surface area contributed by atoms with Gasteiger partial charge in [0.25, 0.3) is 10.0 Å². The van der Waals surface area contributed by atoms with Crippen molar-refractivity contribution in [1.29, 1.82) is 0 Å². The van der Waals surface area contributed by atoms with Crippen molar-refractivity contribution in [3.63, 3.8) is 0 Å². The fourth-order valence-corrected chi connectivity index (χ4v) is 6.90. The van der Waals surface area contributed by atoms with E-state index in [0.717, 1.165) is 33.8 Å². The maximum atomic E-state index is 14.6. The van der Waals surface area contributed by atoms with Crippen LogP contribution in [0.15, 0.2) is 95.9 Å². The first kappa shape index (κ1) is 36.3. The first-order valence-corrected chi connectivity index (χ1v) is 17.9. The van der Waals surface area contributed by atoms with Crippen molar-refractivity contribution in [2.24, 2.45) is 0 Å². The van der Waals surface area contributed by atoms with Crippen molar-refractivity contribution < 1.29 is 18.0 Å². The van der Waals surface area contributed by atoms with E-state index in [1.165, 1.54) is 23.1 Å². The first-order valence-electron chi connectivity index (χ1n) is 15.3. The maximum Gasteiger partial charge on any atom is 0.264 e. The number of nitrogens with one attached hydrogen (secondary N) is 1. The number of anilines is 1. The van der Waals surface area contributed by atoms with E-state index in [1.807, 2.05) is 44.2 Å². The van der Waals surface area contributed by atoms with Gasteiger partial charge in [-0.3, -0.25) is 13.9 Å². The zero-order valence-corrected chi connectivity index (χ0v) is 29.6. The van der Waals surface area contributed by atoms with Gasteiger partial charge in [0.2, 0.25) is 11.8 Å². The molecule has 0 spiro atoms. The molecule has 0 unspecified atom stereocenters. The zero-order valence-electron chi connectivity index (χ0n) is 26.5.